The van der Waals surface area contributed by atoms with Gasteiger partial charge < -0.3 is 10.7 Å². The molecule has 5 heteroatoms. The lowest BCUT2D eigenvalue weighted by Gasteiger charge is -2.08. The molecule has 0 aliphatic heterocycles. The summed E-state index contributed by atoms with van der Waals surface area (Å²) in [5.41, 5.74) is 7.56. The van der Waals surface area contributed by atoms with Gasteiger partial charge in [-0.05, 0) is 42.8 Å². The van der Waals surface area contributed by atoms with Gasteiger partial charge in [-0.15, -0.1) is 0 Å². The molecule has 0 amide bonds. The van der Waals surface area contributed by atoms with Gasteiger partial charge in [-0.25, -0.2) is 4.39 Å². The van der Waals surface area contributed by atoms with Gasteiger partial charge in [0.25, 0.3) is 0 Å². The number of aromatic nitrogens is 1. The molecule has 0 aliphatic rings. The third kappa shape index (κ3) is 2.93. The van der Waals surface area contributed by atoms with Crippen molar-refractivity contribution in [2.75, 3.05) is 6.54 Å². The summed E-state index contributed by atoms with van der Waals surface area (Å²) in [5.74, 6) is -0.223. The van der Waals surface area contributed by atoms with E-state index in [1.807, 2.05) is 30.5 Å². The second kappa shape index (κ2) is 6.10. The maximum Gasteiger partial charge on any atom is 0.133 e. The SMILES string of the molecule is NCCc1ccc(Cl)cc1Sc1c[nH]c2cccc(F)c12. The number of halogens is 2. The highest BCUT2D eigenvalue weighted by Crippen LogP contribution is 2.37. The van der Waals surface area contributed by atoms with Crippen LogP contribution in [0, 0.1) is 5.82 Å². The molecule has 108 valence electrons. The van der Waals surface area contributed by atoms with E-state index in [4.69, 9.17) is 17.3 Å². The van der Waals surface area contributed by atoms with Crippen molar-refractivity contribution in [3.63, 3.8) is 0 Å². The summed E-state index contributed by atoms with van der Waals surface area (Å²) in [7, 11) is 0. The summed E-state index contributed by atoms with van der Waals surface area (Å²) in [5, 5.41) is 1.28. The van der Waals surface area contributed by atoms with E-state index in [-0.39, 0.29) is 5.82 Å². The van der Waals surface area contributed by atoms with E-state index in [0.29, 0.717) is 17.0 Å². The number of fused-ring (bicyclic) bond motifs is 1. The van der Waals surface area contributed by atoms with Gasteiger partial charge in [-0.2, -0.15) is 0 Å². The Morgan fingerprint density at radius 2 is 2.05 bits per heavy atom. The summed E-state index contributed by atoms with van der Waals surface area (Å²) in [6.07, 6.45) is 2.59. The monoisotopic (exact) mass is 320 g/mol. The Bertz CT molecular complexity index is 785. The van der Waals surface area contributed by atoms with E-state index >= 15 is 0 Å². The number of nitrogens with two attached hydrogens (primary N) is 1. The molecule has 3 N–H and O–H groups in total. The molecule has 0 saturated carbocycles. The molecule has 1 heterocycles. The van der Waals surface area contributed by atoms with Gasteiger partial charge in [0.05, 0.1) is 0 Å². The fourth-order valence-electron chi connectivity index (χ4n) is 2.29. The van der Waals surface area contributed by atoms with Gasteiger partial charge in [0.2, 0.25) is 0 Å². The zero-order chi connectivity index (χ0) is 14.8. The Labute approximate surface area is 131 Å². The lowest BCUT2D eigenvalue weighted by atomic mass is 10.1. The quantitative estimate of drug-likeness (QED) is 0.737. The Kier molecular flexibility index (Phi) is 4.19. The third-order valence-corrected chi connectivity index (χ3v) is 4.66. The molecule has 2 aromatic carbocycles. The third-order valence-electron chi connectivity index (χ3n) is 3.28. The van der Waals surface area contributed by atoms with Crippen LogP contribution in [0.5, 0.6) is 0 Å². The van der Waals surface area contributed by atoms with Crippen LogP contribution in [0.1, 0.15) is 5.56 Å². The molecule has 0 bridgehead atoms. The largest absolute Gasteiger partial charge is 0.360 e. The van der Waals surface area contributed by atoms with Crippen LogP contribution in [0.2, 0.25) is 5.02 Å². The summed E-state index contributed by atoms with van der Waals surface area (Å²) in [4.78, 5) is 4.96. The number of aromatic amines is 1. The lowest BCUT2D eigenvalue weighted by Crippen LogP contribution is -2.03. The average molecular weight is 321 g/mol. The molecule has 0 unspecified atom stereocenters. The molecule has 21 heavy (non-hydrogen) atoms. The van der Waals surface area contributed by atoms with Gasteiger partial charge in [0, 0.05) is 31.9 Å². The highest BCUT2D eigenvalue weighted by atomic mass is 35.5. The lowest BCUT2D eigenvalue weighted by molar-refractivity contribution is 0.638. The normalized spacial score (nSPS) is 11.2. The number of hydrogen-bond acceptors (Lipinski definition) is 2. The van der Waals surface area contributed by atoms with Crippen LogP contribution < -0.4 is 5.73 Å². The minimum atomic E-state index is -0.223. The van der Waals surface area contributed by atoms with E-state index < -0.39 is 0 Å². The van der Waals surface area contributed by atoms with Crippen LogP contribution in [0.25, 0.3) is 10.9 Å². The van der Waals surface area contributed by atoms with E-state index in [1.54, 1.807) is 6.07 Å². The first kappa shape index (κ1) is 14.4. The second-order valence-corrected chi connectivity index (χ2v) is 6.23. The first-order valence-corrected chi connectivity index (χ1v) is 7.80. The van der Waals surface area contributed by atoms with E-state index in [9.17, 15) is 4.39 Å². The van der Waals surface area contributed by atoms with Crippen LogP contribution in [0.15, 0.2) is 52.4 Å². The molecule has 2 nitrogen and oxygen atoms in total. The fraction of sp³-hybridized carbons (Fsp3) is 0.125. The number of H-pyrrole nitrogens is 1. The molecule has 0 saturated heterocycles. The smallest absolute Gasteiger partial charge is 0.133 e. The molecule has 0 aliphatic carbocycles. The number of benzene rings is 2. The van der Waals surface area contributed by atoms with Crippen LogP contribution in [0.3, 0.4) is 0 Å². The predicted molar refractivity (Wildman–Crippen MR) is 86.6 cm³/mol. The number of rotatable bonds is 4. The molecule has 0 fully saturated rings. The maximum absolute atomic E-state index is 14.0. The number of hydrogen-bond donors (Lipinski definition) is 2. The molecular formula is C16H14ClFN2S. The van der Waals surface area contributed by atoms with Gasteiger partial charge in [0.1, 0.15) is 5.82 Å². The first-order chi connectivity index (χ1) is 10.2. The van der Waals surface area contributed by atoms with E-state index in [2.05, 4.69) is 4.98 Å². The highest BCUT2D eigenvalue weighted by molar-refractivity contribution is 7.99. The Morgan fingerprint density at radius 3 is 2.86 bits per heavy atom. The van der Waals surface area contributed by atoms with E-state index in [0.717, 1.165) is 27.3 Å². The second-order valence-electron chi connectivity index (χ2n) is 4.71. The Balaban J connectivity index is 2.04. The van der Waals surface area contributed by atoms with Crippen LogP contribution in [-0.2, 0) is 6.42 Å². The van der Waals surface area contributed by atoms with Crippen molar-refractivity contribution in [1.82, 2.24) is 4.98 Å². The predicted octanol–water partition coefficient (Wildman–Crippen LogP) is 4.61. The maximum atomic E-state index is 14.0. The first-order valence-electron chi connectivity index (χ1n) is 6.61. The molecule has 3 aromatic rings. The van der Waals surface area contributed by atoms with Crippen molar-refractivity contribution >= 4 is 34.3 Å². The summed E-state index contributed by atoms with van der Waals surface area (Å²) in [6.45, 7) is 0.567. The van der Waals surface area contributed by atoms with Crippen LogP contribution >= 0.6 is 23.4 Å². The highest BCUT2D eigenvalue weighted by Gasteiger charge is 2.12. The van der Waals surface area contributed by atoms with Crippen molar-refractivity contribution in [2.45, 2.75) is 16.2 Å². The van der Waals surface area contributed by atoms with Gasteiger partial charge in [0.15, 0.2) is 0 Å². The minimum absolute atomic E-state index is 0.223. The van der Waals surface area contributed by atoms with Gasteiger partial charge >= 0.3 is 0 Å². The van der Waals surface area contributed by atoms with Gasteiger partial charge in [-0.3, -0.25) is 0 Å². The van der Waals surface area contributed by atoms with Crippen molar-refractivity contribution in [3.8, 4) is 0 Å². The molecule has 0 atom stereocenters. The standard InChI is InChI=1S/C16H14ClFN2S/c17-11-5-4-10(6-7-19)14(8-11)21-15-9-20-13-3-1-2-12(18)16(13)15/h1-5,8-9,20H,6-7,19H2. The topological polar surface area (TPSA) is 41.8 Å². The molecule has 3 rings (SSSR count). The van der Waals surface area contributed by atoms with Crippen LogP contribution in [0.4, 0.5) is 4.39 Å². The Hall–Kier alpha value is -1.49. The van der Waals surface area contributed by atoms with Crippen molar-refractivity contribution in [3.05, 3.63) is 59.0 Å². The molecular weight excluding hydrogens is 307 g/mol. The summed E-state index contributed by atoms with van der Waals surface area (Å²) < 4.78 is 14.0. The minimum Gasteiger partial charge on any atom is -0.360 e. The van der Waals surface area contributed by atoms with Gasteiger partial charge in [-0.1, -0.05) is 35.5 Å². The zero-order valence-electron chi connectivity index (χ0n) is 11.2. The molecule has 0 spiro atoms. The van der Waals surface area contributed by atoms with E-state index in [1.165, 1.54) is 17.8 Å². The van der Waals surface area contributed by atoms with Crippen molar-refractivity contribution < 1.29 is 4.39 Å². The van der Waals surface area contributed by atoms with Crippen LogP contribution in [-0.4, -0.2) is 11.5 Å². The molecule has 1 aromatic heterocycles. The molecule has 0 radical (unpaired) electrons. The Morgan fingerprint density at radius 1 is 1.19 bits per heavy atom. The summed E-state index contributed by atoms with van der Waals surface area (Å²) in [6, 6.07) is 10.8. The number of nitrogens with one attached hydrogen (secondary N) is 1. The van der Waals surface area contributed by atoms with Crippen molar-refractivity contribution in [2.24, 2.45) is 5.73 Å². The fourth-order valence-corrected chi connectivity index (χ4v) is 3.68. The summed E-state index contributed by atoms with van der Waals surface area (Å²) >= 11 is 7.59. The zero-order valence-corrected chi connectivity index (χ0v) is 12.8. The van der Waals surface area contributed by atoms with Crippen molar-refractivity contribution in [1.29, 1.82) is 0 Å². The average Bonchev–Trinajstić information content (AvgIpc) is 2.87.